The van der Waals surface area contributed by atoms with Gasteiger partial charge in [0.15, 0.2) is 5.78 Å². The van der Waals surface area contributed by atoms with Gasteiger partial charge in [-0.05, 0) is 12.8 Å². The monoisotopic (exact) mass is 308 g/mol. The van der Waals surface area contributed by atoms with Crippen LogP contribution in [0.1, 0.15) is 28.8 Å². The van der Waals surface area contributed by atoms with Crippen LogP contribution in [0, 0.1) is 0 Å². The Morgan fingerprint density at radius 2 is 1.05 bits per heavy atom. The molecular formula is C17H18Cl2O. The van der Waals surface area contributed by atoms with Gasteiger partial charge >= 0.3 is 0 Å². The van der Waals surface area contributed by atoms with Crippen LogP contribution < -0.4 is 0 Å². The number of halogens is 2. The van der Waals surface area contributed by atoms with Gasteiger partial charge < -0.3 is 0 Å². The Hall–Kier alpha value is -1.31. The fourth-order valence-electron chi connectivity index (χ4n) is 1.53. The van der Waals surface area contributed by atoms with E-state index >= 15 is 0 Å². The molecule has 0 unspecified atom stereocenters. The van der Waals surface area contributed by atoms with E-state index in [1.165, 1.54) is 0 Å². The highest BCUT2D eigenvalue weighted by molar-refractivity contribution is 6.18. The van der Waals surface area contributed by atoms with E-state index in [0.29, 0.717) is 0 Å². The number of hydrogen-bond acceptors (Lipinski definition) is 1. The Morgan fingerprint density at radius 3 is 1.35 bits per heavy atom. The molecule has 0 fully saturated rings. The first-order valence-corrected chi connectivity index (χ1v) is 7.63. The lowest BCUT2D eigenvalue weighted by Crippen LogP contribution is -1.99. The summed E-state index contributed by atoms with van der Waals surface area (Å²) in [6.45, 7) is 0. The lowest BCUT2D eigenvalue weighted by atomic mass is 10.0. The maximum absolute atomic E-state index is 11.8. The highest BCUT2D eigenvalue weighted by Gasteiger charge is 2.06. The summed E-state index contributed by atoms with van der Waals surface area (Å²) in [7, 11) is 0. The van der Waals surface area contributed by atoms with Crippen LogP contribution in [0.5, 0.6) is 0 Å². The molecular weight excluding hydrogens is 291 g/mol. The van der Waals surface area contributed by atoms with Gasteiger partial charge in [0.05, 0.1) is 0 Å². The minimum atomic E-state index is 0.0752. The van der Waals surface area contributed by atoms with Crippen LogP contribution in [0.15, 0.2) is 60.7 Å². The largest absolute Gasteiger partial charge is 0.289 e. The molecule has 106 valence electrons. The number of rotatable bonds is 5. The Morgan fingerprint density at radius 1 is 0.700 bits per heavy atom. The predicted molar refractivity (Wildman–Crippen MR) is 87.0 cm³/mol. The number of alkyl halides is 2. The van der Waals surface area contributed by atoms with Crippen LogP contribution in [-0.2, 0) is 0 Å². The van der Waals surface area contributed by atoms with Crippen molar-refractivity contribution in [2.75, 3.05) is 11.8 Å². The van der Waals surface area contributed by atoms with E-state index < -0.39 is 0 Å². The molecule has 0 aliphatic carbocycles. The summed E-state index contributed by atoms with van der Waals surface area (Å²) in [4.78, 5) is 11.8. The van der Waals surface area contributed by atoms with Gasteiger partial charge in [0, 0.05) is 22.9 Å². The number of ketones is 1. The van der Waals surface area contributed by atoms with Crippen molar-refractivity contribution in [2.45, 2.75) is 12.8 Å². The van der Waals surface area contributed by atoms with Crippen LogP contribution >= 0.6 is 23.2 Å². The van der Waals surface area contributed by atoms with Crippen LogP contribution in [0.4, 0.5) is 0 Å². The van der Waals surface area contributed by atoms with E-state index in [-0.39, 0.29) is 5.78 Å². The molecule has 0 radical (unpaired) electrons. The van der Waals surface area contributed by atoms with Crippen LogP contribution in [0.2, 0.25) is 0 Å². The summed E-state index contributed by atoms with van der Waals surface area (Å²) in [5, 5.41) is 0. The number of benzene rings is 2. The topological polar surface area (TPSA) is 17.1 Å². The third kappa shape index (κ3) is 6.23. The van der Waals surface area contributed by atoms with Gasteiger partial charge in [-0.15, -0.1) is 23.2 Å². The Bertz CT molecular complexity index is 437. The molecule has 0 heterocycles. The van der Waals surface area contributed by atoms with Crippen molar-refractivity contribution in [1.29, 1.82) is 0 Å². The maximum Gasteiger partial charge on any atom is 0.193 e. The van der Waals surface area contributed by atoms with Crippen molar-refractivity contribution >= 4 is 29.0 Å². The predicted octanol–water partition coefficient (Wildman–Crippen LogP) is 5.16. The normalized spacial score (nSPS) is 9.50. The minimum Gasteiger partial charge on any atom is -0.289 e. The first kappa shape index (κ1) is 16.7. The molecule has 3 heteroatoms. The fourth-order valence-corrected chi connectivity index (χ4v) is 1.91. The van der Waals surface area contributed by atoms with Crippen molar-refractivity contribution in [3.63, 3.8) is 0 Å². The molecule has 0 amide bonds. The summed E-state index contributed by atoms with van der Waals surface area (Å²) < 4.78 is 0. The molecule has 0 saturated heterocycles. The second-order valence-electron chi connectivity index (χ2n) is 4.15. The van der Waals surface area contributed by atoms with Crippen molar-refractivity contribution in [1.82, 2.24) is 0 Å². The quantitative estimate of drug-likeness (QED) is 0.423. The Labute approximate surface area is 130 Å². The van der Waals surface area contributed by atoms with Gasteiger partial charge in [-0.3, -0.25) is 4.79 Å². The van der Waals surface area contributed by atoms with Crippen molar-refractivity contribution in [3.05, 3.63) is 71.8 Å². The smallest absolute Gasteiger partial charge is 0.193 e. The zero-order valence-corrected chi connectivity index (χ0v) is 12.8. The SMILES string of the molecule is ClCCCCCl.O=C(c1ccccc1)c1ccccc1. The highest BCUT2D eigenvalue weighted by atomic mass is 35.5. The number of carbonyl (C=O) groups excluding carboxylic acids is 1. The molecule has 0 aliphatic heterocycles. The molecule has 0 N–H and O–H groups in total. The summed E-state index contributed by atoms with van der Waals surface area (Å²) in [5.41, 5.74) is 1.47. The number of carbonyl (C=O) groups is 1. The Balaban J connectivity index is 0.000000286. The molecule has 20 heavy (non-hydrogen) atoms. The van der Waals surface area contributed by atoms with Gasteiger partial charge in [-0.1, -0.05) is 60.7 Å². The lowest BCUT2D eigenvalue weighted by Gasteiger charge is -1.99. The Kier molecular flexibility index (Phi) is 8.77. The number of unbranched alkanes of at least 4 members (excludes halogenated alkanes) is 1. The van der Waals surface area contributed by atoms with E-state index in [1.54, 1.807) is 0 Å². The van der Waals surface area contributed by atoms with Gasteiger partial charge in [0.1, 0.15) is 0 Å². The molecule has 0 aromatic heterocycles. The number of hydrogen-bond donors (Lipinski definition) is 0. The van der Waals surface area contributed by atoms with Crippen LogP contribution in [0.25, 0.3) is 0 Å². The van der Waals surface area contributed by atoms with E-state index in [1.807, 2.05) is 60.7 Å². The van der Waals surface area contributed by atoms with Gasteiger partial charge in [-0.25, -0.2) is 0 Å². The van der Waals surface area contributed by atoms with Gasteiger partial charge in [0.2, 0.25) is 0 Å². The fraction of sp³-hybridized carbons (Fsp3) is 0.235. The third-order valence-electron chi connectivity index (χ3n) is 2.59. The minimum absolute atomic E-state index is 0.0752. The molecule has 2 rings (SSSR count). The van der Waals surface area contributed by atoms with Crippen molar-refractivity contribution in [2.24, 2.45) is 0 Å². The van der Waals surface area contributed by atoms with Crippen LogP contribution in [0.3, 0.4) is 0 Å². The second-order valence-corrected chi connectivity index (χ2v) is 4.90. The zero-order chi connectivity index (χ0) is 14.6. The van der Waals surface area contributed by atoms with E-state index in [2.05, 4.69) is 0 Å². The standard InChI is InChI=1S/C13H10O.C4H8Cl2/c14-13(11-7-3-1-4-8-11)12-9-5-2-6-10-12;5-3-1-2-4-6/h1-10H;1-4H2. The molecule has 0 bridgehead atoms. The van der Waals surface area contributed by atoms with Crippen LogP contribution in [-0.4, -0.2) is 17.5 Å². The molecule has 2 aromatic rings. The summed E-state index contributed by atoms with van der Waals surface area (Å²) in [5.74, 6) is 1.56. The van der Waals surface area contributed by atoms with E-state index in [9.17, 15) is 4.79 Å². The molecule has 0 spiro atoms. The summed E-state index contributed by atoms with van der Waals surface area (Å²) in [6, 6.07) is 18.6. The van der Waals surface area contributed by atoms with Crippen molar-refractivity contribution < 1.29 is 4.79 Å². The second kappa shape index (κ2) is 10.5. The summed E-state index contributed by atoms with van der Waals surface area (Å²) in [6.07, 6.45) is 2.09. The average Bonchev–Trinajstić information content (AvgIpc) is 2.54. The molecule has 2 aromatic carbocycles. The van der Waals surface area contributed by atoms with E-state index in [4.69, 9.17) is 23.2 Å². The maximum atomic E-state index is 11.8. The average molecular weight is 309 g/mol. The third-order valence-corrected chi connectivity index (χ3v) is 3.12. The van der Waals surface area contributed by atoms with Crippen molar-refractivity contribution in [3.8, 4) is 0 Å². The first-order valence-electron chi connectivity index (χ1n) is 6.56. The molecule has 0 aliphatic rings. The molecule has 0 atom stereocenters. The van der Waals surface area contributed by atoms with E-state index in [0.717, 1.165) is 35.7 Å². The lowest BCUT2D eigenvalue weighted by molar-refractivity contribution is 0.103. The first-order chi connectivity index (χ1) is 9.79. The zero-order valence-electron chi connectivity index (χ0n) is 11.3. The van der Waals surface area contributed by atoms with Gasteiger partial charge in [-0.2, -0.15) is 0 Å². The highest BCUT2D eigenvalue weighted by Crippen LogP contribution is 2.08. The summed E-state index contributed by atoms with van der Waals surface area (Å²) >= 11 is 10.6. The molecule has 0 saturated carbocycles. The molecule has 1 nitrogen and oxygen atoms in total. The van der Waals surface area contributed by atoms with Gasteiger partial charge in [0.25, 0.3) is 0 Å².